The van der Waals surface area contributed by atoms with Crippen LogP contribution in [-0.4, -0.2) is 36.9 Å². The van der Waals surface area contributed by atoms with Gasteiger partial charge in [-0.1, -0.05) is 0 Å². The molecule has 0 aliphatic rings. The van der Waals surface area contributed by atoms with E-state index in [1.165, 1.54) is 0 Å². The molecule has 0 unspecified atom stereocenters. The molecule has 2 aromatic carbocycles. The van der Waals surface area contributed by atoms with Crippen LogP contribution < -0.4 is 10.6 Å². The fourth-order valence-electron chi connectivity index (χ4n) is 3.12. The predicted molar refractivity (Wildman–Crippen MR) is 113 cm³/mol. The summed E-state index contributed by atoms with van der Waals surface area (Å²) < 4.78 is 41.1. The van der Waals surface area contributed by atoms with E-state index in [0.717, 1.165) is 17.7 Å². The summed E-state index contributed by atoms with van der Waals surface area (Å²) in [5, 5.41) is 17.8. The summed E-state index contributed by atoms with van der Waals surface area (Å²) in [5.74, 6) is -1.72. The Bertz CT molecular complexity index is 1380. The summed E-state index contributed by atoms with van der Waals surface area (Å²) in [5.41, 5.74) is 0.235. The Labute approximate surface area is 183 Å². The summed E-state index contributed by atoms with van der Waals surface area (Å²) in [6.45, 7) is 0. The minimum absolute atomic E-state index is 0.218. The Hall–Kier alpha value is -4.48. The number of hydrogen-bond donors (Lipinski definition) is 3. The maximum Gasteiger partial charge on any atom is 0.417 e. The van der Waals surface area contributed by atoms with Crippen molar-refractivity contribution in [2.75, 3.05) is 10.6 Å². The number of halogens is 3. The largest absolute Gasteiger partial charge is 0.478 e. The van der Waals surface area contributed by atoms with Crippen LogP contribution in [0.3, 0.4) is 0 Å². The molecular weight excluding hydrogens is 441 g/mol. The van der Waals surface area contributed by atoms with Gasteiger partial charge in [0.15, 0.2) is 0 Å². The van der Waals surface area contributed by atoms with Crippen LogP contribution in [0.2, 0.25) is 0 Å². The molecule has 0 aliphatic carbocycles. The number of nitrogens with zero attached hydrogens (tertiary/aromatic N) is 4. The van der Waals surface area contributed by atoms with Gasteiger partial charge < -0.3 is 15.7 Å². The van der Waals surface area contributed by atoms with Crippen LogP contribution in [0.4, 0.5) is 29.3 Å². The zero-order valence-electron chi connectivity index (χ0n) is 16.9. The van der Waals surface area contributed by atoms with Crippen molar-refractivity contribution in [2.45, 2.75) is 6.18 Å². The maximum atomic E-state index is 13.2. The highest BCUT2D eigenvalue weighted by Gasteiger charge is 2.35. The lowest BCUT2D eigenvalue weighted by Crippen LogP contribution is -2.20. The van der Waals surface area contributed by atoms with Crippen LogP contribution in [0, 0.1) is 0 Å². The first-order valence-electron chi connectivity index (χ1n) is 9.38. The molecule has 0 aliphatic heterocycles. The summed E-state index contributed by atoms with van der Waals surface area (Å²) in [4.78, 5) is 32.2. The van der Waals surface area contributed by atoms with Gasteiger partial charge in [-0.05, 0) is 36.4 Å². The fourth-order valence-corrected chi connectivity index (χ4v) is 3.12. The lowest BCUT2D eigenvalue weighted by atomic mass is 10.1. The highest BCUT2D eigenvalue weighted by Crippen LogP contribution is 2.34. The minimum Gasteiger partial charge on any atom is -0.478 e. The van der Waals surface area contributed by atoms with Gasteiger partial charge in [0.05, 0.1) is 40.2 Å². The number of alkyl halides is 3. The topological polar surface area (TPSA) is 122 Å². The lowest BCUT2D eigenvalue weighted by molar-refractivity contribution is -0.138. The van der Waals surface area contributed by atoms with E-state index < -0.39 is 29.3 Å². The van der Waals surface area contributed by atoms with E-state index >= 15 is 0 Å². The van der Waals surface area contributed by atoms with Crippen LogP contribution in [0.1, 0.15) is 15.9 Å². The average Bonchev–Trinajstić information content (AvgIpc) is 3.18. The Morgan fingerprint density at radius 1 is 1.00 bits per heavy atom. The highest BCUT2D eigenvalue weighted by atomic mass is 19.4. The SMILES string of the molecule is Cn1cc(-c2cnc3ccc(NC(=O)Nc4ccc(C(=O)O)c(C(F)(F)F)c4)cc3n2)cn1. The number of urea groups is 1. The number of carboxylic acids is 1. The van der Waals surface area contributed by atoms with E-state index in [9.17, 15) is 22.8 Å². The third-order valence-electron chi connectivity index (χ3n) is 4.61. The summed E-state index contributed by atoms with van der Waals surface area (Å²) >= 11 is 0. The number of benzene rings is 2. The summed E-state index contributed by atoms with van der Waals surface area (Å²) in [6.07, 6.45) is 0.107. The van der Waals surface area contributed by atoms with Crippen LogP contribution in [-0.2, 0) is 13.2 Å². The summed E-state index contributed by atoms with van der Waals surface area (Å²) in [6, 6.07) is 6.37. The second kappa shape index (κ2) is 8.22. The van der Waals surface area contributed by atoms with Crippen molar-refractivity contribution < 1.29 is 27.9 Å². The number of aryl methyl sites for hydroxylation is 1. The number of aromatic carboxylic acids is 1. The Morgan fingerprint density at radius 2 is 1.70 bits per heavy atom. The molecule has 3 N–H and O–H groups in total. The molecule has 2 aromatic heterocycles. The van der Waals surface area contributed by atoms with Crippen LogP contribution in [0.15, 0.2) is 55.0 Å². The molecule has 0 atom stereocenters. The second-order valence-electron chi connectivity index (χ2n) is 7.00. The first-order valence-corrected chi connectivity index (χ1v) is 9.38. The smallest absolute Gasteiger partial charge is 0.417 e. The Kier molecular flexibility index (Phi) is 5.42. The van der Waals surface area contributed by atoms with Crippen molar-refractivity contribution in [2.24, 2.45) is 7.05 Å². The molecule has 0 radical (unpaired) electrons. The molecule has 4 rings (SSSR count). The van der Waals surface area contributed by atoms with Crippen molar-refractivity contribution in [3.8, 4) is 11.3 Å². The highest BCUT2D eigenvalue weighted by molar-refractivity contribution is 6.01. The van der Waals surface area contributed by atoms with Crippen molar-refractivity contribution in [3.63, 3.8) is 0 Å². The van der Waals surface area contributed by atoms with Gasteiger partial charge in [-0.3, -0.25) is 9.67 Å². The molecule has 0 saturated carbocycles. The van der Waals surface area contributed by atoms with E-state index in [4.69, 9.17) is 5.11 Å². The number of carbonyl (C=O) groups is 2. The van der Waals surface area contributed by atoms with Gasteiger partial charge >= 0.3 is 18.2 Å². The van der Waals surface area contributed by atoms with E-state index in [2.05, 4.69) is 25.7 Å². The summed E-state index contributed by atoms with van der Waals surface area (Å²) in [7, 11) is 1.77. The Balaban J connectivity index is 1.54. The van der Waals surface area contributed by atoms with Gasteiger partial charge in [0.1, 0.15) is 0 Å². The number of fused-ring (bicyclic) bond motifs is 1. The number of aromatic nitrogens is 4. The standard InChI is InChI=1S/C21H15F3N6O3/c1-30-10-11(8-26-30)18-9-25-16-5-3-13(7-17(16)29-18)28-20(33)27-12-2-4-14(19(31)32)15(6-12)21(22,23)24/h2-10H,1H3,(H,31,32)(H2,27,28,33). The molecule has 4 aromatic rings. The first-order chi connectivity index (χ1) is 15.6. The van der Waals surface area contributed by atoms with E-state index in [1.54, 1.807) is 48.5 Å². The van der Waals surface area contributed by atoms with E-state index in [0.29, 0.717) is 28.5 Å². The molecule has 33 heavy (non-hydrogen) atoms. The molecule has 12 heteroatoms. The number of rotatable bonds is 4. The molecule has 0 saturated heterocycles. The Morgan fingerprint density at radius 3 is 2.33 bits per heavy atom. The molecule has 0 bridgehead atoms. The number of carbonyl (C=O) groups excluding carboxylic acids is 1. The molecular formula is C21H15F3N6O3. The third-order valence-corrected chi connectivity index (χ3v) is 4.61. The van der Waals surface area contributed by atoms with Gasteiger partial charge in [0.2, 0.25) is 0 Å². The van der Waals surface area contributed by atoms with E-state index in [1.807, 2.05) is 0 Å². The number of amides is 2. The van der Waals surface area contributed by atoms with Gasteiger partial charge in [0, 0.05) is 30.2 Å². The molecule has 168 valence electrons. The average molecular weight is 456 g/mol. The monoisotopic (exact) mass is 456 g/mol. The van der Waals surface area contributed by atoms with Gasteiger partial charge in [-0.15, -0.1) is 0 Å². The number of anilines is 2. The van der Waals surface area contributed by atoms with Crippen molar-refractivity contribution in [1.29, 1.82) is 0 Å². The van der Waals surface area contributed by atoms with Crippen molar-refractivity contribution >= 4 is 34.4 Å². The molecule has 9 nitrogen and oxygen atoms in total. The predicted octanol–water partition coefficient (Wildman–Crippen LogP) is 4.39. The minimum atomic E-state index is -4.90. The third kappa shape index (κ3) is 4.74. The van der Waals surface area contributed by atoms with Crippen molar-refractivity contribution in [3.05, 3.63) is 66.1 Å². The molecule has 2 amide bonds. The normalized spacial score (nSPS) is 11.4. The first kappa shape index (κ1) is 21.7. The number of carboxylic acid groups (broad SMARTS) is 1. The molecule has 0 spiro atoms. The molecule has 0 fully saturated rings. The van der Waals surface area contributed by atoms with Gasteiger partial charge in [0.25, 0.3) is 0 Å². The van der Waals surface area contributed by atoms with Crippen LogP contribution >= 0.6 is 0 Å². The number of nitrogens with one attached hydrogen (secondary N) is 2. The second-order valence-corrected chi connectivity index (χ2v) is 7.00. The van der Waals surface area contributed by atoms with Gasteiger partial charge in [-0.25, -0.2) is 14.6 Å². The van der Waals surface area contributed by atoms with Crippen molar-refractivity contribution in [1.82, 2.24) is 19.7 Å². The maximum absolute atomic E-state index is 13.2. The van der Waals surface area contributed by atoms with Crippen LogP contribution in [0.5, 0.6) is 0 Å². The lowest BCUT2D eigenvalue weighted by Gasteiger charge is -2.13. The molecule has 2 heterocycles. The fraction of sp³-hybridized carbons (Fsp3) is 0.0952. The number of hydrogen-bond acceptors (Lipinski definition) is 5. The van der Waals surface area contributed by atoms with Crippen LogP contribution in [0.25, 0.3) is 22.3 Å². The van der Waals surface area contributed by atoms with Gasteiger partial charge in [-0.2, -0.15) is 18.3 Å². The zero-order valence-corrected chi connectivity index (χ0v) is 16.9. The van der Waals surface area contributed by atoms with E-state index in [-0.39, 0.29) is 5.69 Å². The quantitative estimate of drug-likeness (QED) is 0.419. The zero-order chi connectivity index (χ0) is 23.8.